The number of nitrogens with zero attached hydrogens (tertiary/aromatic N) is 1. The van der Waals surface area contributed by atoms with Crippen molar-refractivity contribution in [2.24, 2.45) is 0 Å². The lowest BCUT2D eigenvalue weighted by Crippen LogP contribution is -2.40. The minimum Gasteiger partial charge on any atom is -0.507 e. The molecule has 0 radical (unpaired) electrons. The molecule has 1 atom stereocenters. The molecular formula is C29H35NO5. The highest BCUT2D eigenvalue weighted by molar-refractivity contribution is 6.46. The number of methoxy groups -OCH3 is 2. The first kappa shape index (κ1) is 24.8. The summed E-state index contributed by atoms with van der Waals surface area (Å²) in [7, 11) is 3.10. The number of ether oxygens (including phenoxy) is 2. The van der Waals surface area contributed by atoms with Crippen LogP contribution in [0.5, 0.6) is 11.5 Å². The first-order valence-corrected chi connectivity index (χ1v) is 12.3. The van der Waals surface area contributed by atoms with Crippen molar-refractivity contribution in [1.82, 2.24) is 4.90 Å². The quantitative estimate of drug-likeness (QED) is 0.337. The van der Waals surface area contributed by atoms with Gasteiger partial charge in [0.1, 0.15) is 17.3 Å². The van der Waals surface area contributed by atoms with E-state index in [9.17, 15) is 14.7 Å². The molecule has 4 rings (SSSR count). The third-order valence-corrected chi connectivity index (χ3v) is 7.20. The summed E-state index contributed by atoms with van der Waals surface area (Å²) in [6, 6.07) is 12.2. The summed E-state index contributed by atoms with van der Waals surface area (Å²) in [5, 5.41) is 11.7. The van der Waals surface area contributed by atoms with Crippen LogP contribution < -0.4 is 9.47 Å². The zero-order valence-electron chi connectivity index (χ0n) is 21.3. The third kappa shape index (κ3) is 4.54. The number of carbonyl (C=O) groups is 2. The Kier molecular flexibility index (Phi) is 6.93. The Hall–Kier alpha value is -3.28. The molecule has 0 aromatic heterocycles. The molecule has 1 aliphatic carbocycles. The van der Waals surface area contributed by atoms with Crippen LogP contribution in [-0.2, 0) is 15.0 Å². The average Bonchev–Trinajstić information content (AvgIpc) is 3.13. The van der Waals surface area contributed by atoms with E-state index in [1.807, 2.05) is 36.4 Å². The monoisotopic (exact) mass is 477 g/mol. The van der Waals surface area contributed by atoms with Crippen molar-refractivity contribution in [1.29, 1.82) is 0 Å². The molecule has 1 unspecified atom stereocenters. The molecule has 6 heteroatoms. The van der Waals surface area contributed by atoms with Gasteiger partial charge in [0.25, 0.3) is 11.7 Å². The van der Waals surface area contributed by atoms with Gasteiger partial charge in [-0.25, -0.2) is 0 Å². The molecule has 1 amide bonds. The van der Waals surface area contributed by atoms with Crippen molar-refractivity contribution in [2.45, 2.75) is 70.4 Å². The summed E-state index contributed by atoms with van der Waals surface area (Å²) in [4.78, 5) is 28.7. The van der Waals surface area contributed by atoms with Crippen molar-refractivity contribution in [3.05, 3.63) is 64.7 Å². The van der Waals surface area contributed by atoms with E-state index in [-0.39, 0.29) is 22.8 Å². The molecule has 2 aromatic carbocycles. The fourth-order valence-corrected chi connectivity index (χ4v) is 5.29. The van der Waals surface area contributed by atoms with Gasteiger partial charge in [-0.05, 0) is 42.0 Å². The maximum absolute atomic E-state index is 13.5. The van der Waals surface area contributed by atoms with Crippen molar-refractivity contribution in [2.75, 3.05) is 14.2 Å². The van der Waals surface area contributed by atoms with Gasteiger partial charge in [-0.2, -0.15) is 0 Å². The SMILES string of the molecule is COc1ccc(C(C)(C)C)cc1/C(O)=C1\C(=O)C(=O)N(C2CCCCC2)C1c1ccccc1OC. The second-order valence-electron chi connectivity index (χ2n) is 10.4. The molecule has 1 saturated heterocycles. The smallest absolute Gasteiger partial charge is 0.295 e. The number of rotatable bonds is 5. The maximum Gasteiger partial charge on any atom is 0.295 e. The number of hydrogen-bond donors (Lipinski definition) is 1. The van der Waals surface area contributed by atoms with E-state index in [0.29, 0.717) is 22.6 Å². The molecule has 1 saturated carbocycles. The van der Waals surface area contributed by atoms with Crippen LogP contribution in [-0.4, -0.2) is 42.0 Å². The lowest BCUT2D eigenvalue weighted by Gasteiger charge is -2.36. The van der Waals surface area contributed by atoms with Crippen LogP contribution in [0.4, 0.5) is 0 Å². The van der Waals surface area contributed by atoms with Crippen molar-refractivity contribution in [3.8, 4) is 11.5 Å². The second-order valence-corrected chi connectivity index (χ2v) is 10.4. The van der Waals surface area contributed by atoms with Gasteiger partial charge in [0.2, 0.25) is 0 Å². The van der Waals surface area contributed by atoms with Crippen LogP contribution in [0.1, 0.15) is 75.6 Å². The van der Waals surface area contributed by atoms with E-state index in [1.165, 1.54) is 7.11 Å². The summed E-state index contributed by atoms with van der Waals surface area (Å²) in [5.74, 6) is -0.451. The third-order valence-electron chi connectivity index (χ3n) is 7.20. The molecule has 2 aromatic rings. The number of hydrogen-bond acceptors (Lipinski definition) is 5. The Balaban J connectivity index is 1.97. The van der Waals surface area contributed by atoms with Crippen LogP contribution >= 0.6 is 0 Å². The molecule has 6 nitrogen and oxygen atoms in total. The molecule has 1 N–H and O–H groups in total. The average molecular weight is 478 g/mol. The Morgan fingerprint density at radius 1 is 0.943 bits per heavy atom. The van der Waals surface area contributed by atoms with E-state index in [4.69, 9.17) is 9.47 Å². The van der Waals surface area contributed by atoms with Gasteiger partial charge < -0.3 is 19.5 Å². The zero-order chi connectivity index (χ0) is 25.3. The number of carbonyl (C=O) groups excluding carboxylic acids is 2. The van der Waals surface area contributed by atoms with E-state index >= 15 is 0 Å². The molecule has 186 valence electrons. The number of amides is 1. The number of benzene rings is 2. The lowest BCUT2D eigenvalue weighted by molar-refractivity contribution is -0.141. The number of ketones is 1. The fourth-order valence-electron chi connectivity index (χ4n) is 5.29. The van der Waals surface area contributed by atoms with Gasteiger partial charge in [0.05, 0.1) is 31.4 Å². The Morgan fingerprint density at radius 2 is 1.60 bits per heavy atom. The van der Waals surface area contributed by atoms with Crippen molar-refractivity contribution >= 4 is 17.4 Å². The minimum atomic E-state index is -0.739. The first-order valence-electron chi connectivity index (χ1n) is 12.3. The van der Waals surface area contributed by atoms with Gasteiger partial charge in [-0.1, -0.05) is 64.3 Å². The van der Waals surface area contributed by atoms with Crippen molar-refractivity contribution in [3.63, 3.8) is 0 Å². The normalized spacial score (nSPS) is 20.8. The van der Waals surface area contributed by atoms with E-state index in [2.05, 4.69) is 20.8 Å². The number of likely N-dealkylation sites (tertiary alicyclic amines) is 1. The minimum absolute atomic E-state index is 0.0665. The van der Waals surface area contributed by atoms with E-state index in [1.54, 1.807) is 18.1 Å². The molecule has 0 spiro atoms. The number of aliphatic hydroxyl groups excluding tert-OH is 1. The second kappa shape index (κ2) is 9.76. The van der Waals surface area contributed by atoms with E-state index < -0.39 is 17.7 Å². The van der Waals surface area contributed by atoms with Gasteiger partial charge >= 0.3 is 0 Å². The first-order chi connectivity index (χ1) is 16.7. The molecular weight excluding hydrogens is 442 g/mol. The number of Topliss-reactive ketones (excluding diaryl/α,β-unsaturated/α-hetero) is 1. The Labute approximate surface area is 207 Å². The zero-order valence-corrected chi connectivity index (χ0v) is 21.3. The highest BCUT2D eigenvalue weighted by atomic mass is 16.5. The van der Waals surface area contributed by atoms with Gasteiger partial charge in [0.15, 0.2) is 0 Å². The highest BCUT2D eigenvalue weighted by Crippen LogP contribution is 2.46. The maximum atomic E-state index is 13.5. The molecule has 35 heavy (non-hydrogen) atoms. The highest BCUT2D eigenvalue weighted by Gasteiger charge is 2.50. The molecule has 2 fully saturated rings. The topological polar surface area (TPSA) is 76.1 Å². The predicted octanol–water partition coefficient (Wildman–Crippen LogP) is 5.76. The summed E-state index contributed by atoms with van der Waals surface area (Å²) in [6.45, 7) is 6.24. The van der Waals surface area contributed by atoms with Crippen LogP contribution in [0.3, 0.4) is 0 Å². The predicted molar refractivity (Wildman–Crippen MR) is 136 cm³/mol. The summed E-state index contributed by atoms with van der Waals surface area (Å²) in [6.07, 6.45) is 4.81. The number of para-hydroxylation sites is 1. The summed E-state index contributed by atoms with van der Waals surface area (Å²) in [5.41, 5.74) is 1.97. The van der Waals surface area contributed by atoms with Crippen LogP contribution in [0.25, 0.3) is 5.76 Å². The van der Waals surface area contributed by atoms with Gasteiger partial charge in [-0.15, -0.1) is 0 Å². The van der Waals surface area contributed by atoms with Gasteiger partial charge in [-0.3, -0.25) is 9.59 Å². The molecule has 1 heterocycles. The molecule has 1 aliphatic heterocycles. The number of aliphatic hydroxyl groups is 1. The molecule has 0 bridgehead atoms. The van der Waals surface area contributed by atoms with Crippen LogP contribution in [0.15, 0.2) is 48.0 Å². The van der Waals surface area contributed by atoms with Crippen LogP contribution in [0, 0.1) is 0 Å². The fraction of sp³-hybridized carbons (Fsp3) is 0.448. The molecule has 2 aliphatic rings. The summed E-state index contributed by atoms with van der Waals surface area (Å²) < 4.78 is 11.2. The van der Waals surface area contributed by atoms with Gasteiger partial charge in [0, 0.05) is 11.6 Å². The van der Waals surface area contributed by atoms with Crippen LogP contribution in [0.2, 0.25) is 0 Å². The standard InChI is InChI=1S/C29H35NO5/c1-29(2,3)18-15-16-23(35-5)21(17-18)26(31)24-25(20-13-9-10-14-22(20)34-4)30(28(33)27(24)32)19-11-7-6-8-12-19/h9-10,13-17,19,25,31H,6-8,11-12H2,1-5H3/b26-24+. The van der Waals surface area contributed by atoms with E-state index in [0.717, 1.165) is 37.7 Å². The Bertz CT molecular complexity index is 1150. The summed E-state index contributed by atoms with van der Waals surface area (Å²) >= 11 is 0. The Morgan fingerprint density at radius 3 is 2.23 bits per heavy atom. The largest absolute Gasteiger partial charge is 0.507 e. The van der Waals surface area contributed by atoms with Crippen molar-refractivity contribution < 1.29 is 24.2 Å². The lowest BCUT2D eigenvalue weighted by atomic mass is 9.85.